The lowest BCUT2D eigenvalue weighted by molar-refractivity contribution is 0.471. The van der Waals surface area contributed by atoms with Gasteiger partial charge in [-0.25, -0.2) is 4.39 Å². The second-order valence-corrected chi connectivity index (χ2v) is 3.43. The quantitative estimate of drug-likeness (QED) is 0.559. The molecule has 0 fully saturated rings. The van der Waals surface area contributed by atoms with Crippen molar-refractivity contribution in [3.8, 4) is 0 Å². The summed E-state index contributed by atoms with van der Waals surface area (Å²) in [7, 11) is 0. The van der Waals surface area contributed by atoms with Crippen molar-refractivity contribution < 1.29 is 4.39 Å². The van der Waals surface area contributed by atoms with E-state index in [-0.39, 0.29) is 0 Å². The van der Waals surface area contributed by atoms with Gasteiger partial charge >= 0.3 is 0 Å². The smallest absolute Gasteiger partial charge is 0.155 e. The Hall–Kier alpha value is -0.120. The van der Waals surface area contributed by atoms with Crippen LogP contribution in [0.15, 0.2) is 30.3 Å². The standard InChI is InChI=1S/C8H8FI/c9-8(10)6-7-4-2-1-3-5-7/h1-5,8H,6H2. The first-order valence-electron chi connectivity index (χ1n) is 3.11. The van der Waals surface area contributed by atoms with Gasteiger partial charge < -0.3 is 0 Å². The van der Waals surface area contributed by atoms with Crippen molar-refractivity contribution >= 4 is 22.6 Å². The van der Waals surface area contributed by atoms with Crippen LogP contribution in [0.5, 0.6) is 0 Å². The SMILES string of the molecule is FC(I)Cc1ccccc1. The minimum absolute atomic E-state index is 0.515. The van der Waals surface area contributed by atoms with Crippen molar-refractivity contribution in [2.24, 2.45) is 0 Å². The largest absolute Gasteiger partial charge is 0.236 e. The summed E-state index contributed by atoms with van der Waals surface area (Å²) in [6.07, 6.45) is 0.515. The maximum absolute atomic E-state index is 12.4. The van der Waals surface area contributed by atoms with Gasteiger partial charge in [-0.2, -0.15) is 0 Å². The topological polar surface area (TPSA) is 0 Å². The maximum Gasteiger partial charge on any atom is 0.155 e. The van der Waals surface area contributed by atoms with E-state index >= 15 is 0 Å². The summed E-state index contributed by atoms with van der Waals surface area (Å²) < 4.78 is 11.6. The molecule has 0 saturated heterocycles. The van der Waals surface area contributed by atoms with Crippen molar-refractivity contribution in [3.63, 3.8) is 0 Å². The van der Waals surface area contributed by atoms with E-state index in [1.807, 2.05) is 30.3 Å². The minimum atomic E-state index is -0.764. The predicted octanol–water partition coefficient (Wildman–Crippen LogP) is 2.96. The first-order valence-corrected chi connectivity index (χ1v) is 4.35. The third kappa shape index (κ3) is 2.64. The first kappa shape index (κ1) is 7.98. The van der Waals surface area contributed by atoms with Crippen molar-refractivity contribution in [2.45, 2.75) is 10.6 Å². The van der Waals surface area contributed by atoms with E-state index in [9.17, 15) is 4.39 Å². The van der Waals surface area contributed by atoms with E-state index in [2.05, 4.69) is 0 Å². The lowest BCUT2D eigenvalue weighted by atomic mass is 10.2. The first-order chi connectivity index (χ1) is 4.79. The summed E-state index contributed by atoms with van der Waals surface area (Å²) in [5.74, 6) is 0. The molecule has 1 aromatic carbocycles. The summed E-state index contributed by atoms with van der Waals surface area (Å²) in [5, 5.41) is 0. The molecule has 1 unspecified atom stereocenters. The van der Waals surface area contributed by atoms with Crippen LogP contribution in [-0.2, 0) is 6.42 Å². The lowest BCUT2D eigenvalue weighted by Crippen LogP contribution is -1.92. The molecule has 0 amide bonds. The van der Waals surface area contributed by atoms with Gasteiger partial charge in [0.25, 0.3) is 0 Å². The van der Waals surface area contributed by atoms with E-state index in [4.69, 9.17) is 0 Å². The van der Waals surface area contributed by atoms with Gasteiger partial charge in [-0.15, -0.1) is 0 Å². The summed E-state index contributed by atoms with van der Waals surface area (Å²) in [4.78, 5) is 0. The molecule has 2 heteroatoms. The predicted molar refractivity (Wildman–Crippen MR) is 49.1 cm³/mol. The molecule has 0 aliphatic carbocycles. The highest BCUT2D eigenvalue weighted by Crippen LogP contribution is 2.10. The monoisotopic (exact) mass is 250 g/mol. The maximum atomic E-state index is 12.4. The van der Waals surface area contributed by atoms with Gasteiger partial charge in [0.15, 0.2) is 4.18 Å². The number of hydrogen-bond donors (Lipinski definition) is 0. The Labute approximate surface area is 73.6 Å². The molecule has 0 N–H and O–H groups in total. The van der Waals surface area contributed by atoms with Crippen molar-refractivity contribution in [2.75, 3.05) is 0 Å². The Morgan fingerprint density at radius 2 is 1.90 bits per heavy atom. The van der Waals surface area contributed by atoms with Crippen LogP contribution < -0.4 is 0 Å². The molecule has 0 spiro atoms. The van der Waals surface area contributed by atoms with Crippen LogP contribution in [0.2, 0.25) is 0 Å². The summed E-state index contributed by atoms with van der Waals surface area (Å²) in [6.45, 7) is 0. The summed E-state index contributed by atoms with van der Waals surface area (Å²) in [5.41, 5.74) is 1.06. The molecule has 0 aromatic heterocycles. The fraction of sp³-hybridized carbons (Fsp3) is 0.250. The Morgan fingerprint density at radius 1 is 1.30 bits per heavy atom. The van der Waals surface area contributed by atoms with E-state index in [1.165, 1.54) is 0 Å². The Kier molecular flexibility index (Phi) is 3.12. The molecule has 0 bridgehead atoms. The van der Waals surface area contributed by atoms with Crippen LogP contribution in [0.1, 0.15) is 5.56 Å². The highest BCUT2D eigenvalue weighted by atomic mass is 127. The molecule has 54 valence electrons. The van der Waals surface area contributed by atoms with Gasteiger partial charge in [0, 0.05) is 6.42 Å². The average molecular weight is 250 g/mol. The zero-order chi connectivity index (χ0) is 7.40. The molecule has 1 atom stereocenters. The molecular weight excluding hydrogens is 242 g/mol. The second-order valence-electron chi connectivity index (χ2n) is 2.08. The average Bonchev–Trinajstić information content (AvgIpc) is 1.88. The molecule has 1 aromatic rings. The Morgan fingerprint density at radius 3 is 2.40 bits per heavy atom. The van der Waals surface area contributed by atoms with Gasteiger partial charge in [0.2, 0.25) is 0 Å². The van der Waals surface area contributed by atoms with Gasteiger partial charge in [-0.05, 0) is 28.2 Å². The van der Waals surface area contributed by atoms with Gasteiger partial charge in [-0.3, -0.25) is 0 Å². The Bertz CT molecular complexity index is 184. The molecular formula is C8H8FI. The van der Waals surface area contributed by atoms with E-state index in [0.29, 0.717) is 6.42 Å². The van der Waals surface area contributed by atoms with Crippen LogP contribution in [0.25, 0.3) is 0 Å². The van der Waals surface area contributed by atoms with E-state index in [0.717, 1.165) is 5.56 Å². The van der Waals surface area contributed by atoms with Crippen LogP contribution in [0, 0.1) is 0 Å². The number of benzene rings is 1. The van der Waals surface area contributed by atoms with E-state index < -0.39 is 4.18 Å². The zero-order valence-corrected chi connectivity index (χ0v) is 7.58. The van der Waals surface area contributed by atoms with Gasteiger partial charge in [0.05, 0.1) is 0 Å². The summed E-state index contributed by atoms with van der Waals surface area (Å²) in [6, 6.07) is 9.66. The number of rotatable bonds is 2. The van der Waals surface area contributed by atoms with Crippen LogP contribution in [0.3, 0.4) is 0 Å². The molecule has 0 aliphatic rings. The Balaban J connectivity index is 2.59. The highest BCUT2D eigenvalue weighted by Gasteiger charge is 1.99. The number of alkyl halides is 2. The normalized spacial score (nSPS) is 13.0. The molecule has 0 aliphatic heterocycles. The van der Waals surface area contributed by atoms with Crippen LogP contribution in [0.4, 0.5) is 4.39 Å². The number of halogens is 2. The van der Waals surface area contributed by atoms with Crippen molar-refractivity contribution in [1.29, 1.82) is 0 Å². The minimum Gasteiger partial charge on any atom is -0.236 e. The summed E-state index contributed by atoms with van der Waals surface area (Å²) >= 11 is 1.78. The molecule has 1 rings (SSSR count). The molecule has 0 nitrogen and oxygen atoms in total. The van der Waals surface area contributed by atoms with Crippen LogP contribution >= 0.6 is 22.6 Å². The molecule has 10 heavy (non-hydrogen) atoms. The molecule has 0 heterocycles. The molecule has 0 radical (unpaired) electrons. The van der Waals surface area contributed by atoms with Gasteiger partial charge in [0.1, 0.15) is 0 Å². The van der Waals surface area contributed by atoms with Crippen molar-refractivity contribution in [3.05, 3.63) is 35.9 Å². The third-order valence-corrected chi connectivity index (χ3v) is 1.67. The lowest BCUT2D eigenvalue weighted by Gasteiger charge is -1.98. The number of hydrogen-bond acceptors (Lipinski definition) is 0. The molecule has 0 saturated carbocycles. The fourth-order valence-electron chi connectivity index (χ4n) is 0.792. The van der Waals surface area contributed by atoms with Crippen LogP contribution in [-0.4, -0.2) is 4.18 Å². The second kappa shape index (κ2) is 3.91. The van der Waals surface area contributed by atoms with E-state index in [1.54, 1.807) is 22.6 Å². The zero-order valence-electron chi connectivity index (χ0n) is 5.43. The fourth-order valence-corrected chi connectivity index (χ4v) is 1.30. The van der Waals surface area contributed by atoms with Crippen molar-refractivity contribution in [1.82, 2.24) is 0 Å². The third-order valence-electron chi connectivity index (χ3n) is 1.23. The van der Waals surface area contributed by atoms with Gasteiger partial charge in [-0.1, -0.05) is 30.3 Å². The highest BCUT2D eigenvalue weighted by molar-refractivity contribution is 14.1.